The van der Waals surface area contributed by atoms with E-state index in [0.29, 0.717) is 0 Å². The van der Waals surface area contributed by atoms with Crippen LogP contribution < -0.4 is 39.9 Å². The number of hydrogen-bond donors (Lipinski definition) is 0. The molecule has 4 aromatic carbocycles. The zero-order valence-electron chi connectivity index (χ0n) is 17.8. The maximum Gasteiger partial charge on any atom is 0.123 e. The molecule has 0 aliphatic heterocycles. The Labute approximate surface area is 221 Å². The minimum atomic E-state index is -1.94. The first-order valence-electron chi connectivity index (χ1n) is 10.5. The van der Waals surface area contributed by atoms with Gasteiger partial charge >= 0.3 is 0 Å². The van der Waals surface area contributed by atoms with E-state index in [9.17, 15) is 0 Å². The van der Waals surface area contributed by atoms with Crippen LogP contribution in [0.1, 0.15) is 5.69 Å². The first-order chi connectivity index (χ1) is 15.8. The zero-order chi connectivity index (χ0) is 21.8. The van der Waals surface area contributed by atoms with Gasteiger partial charge in [-0.2, -0.15) is 0 Å². The normalized spacial score (nSPS) is 11.1. The van der Waals surface area contributed by atoms with E-state index in [1.54, 1.807) is 11.3 Å². The topological polar surface area (TPSA) is 12.9 Å². The van der Waals surface area contributed by atoms with Crippen molar-refractivity contribution in [3.8, 4) is 10.6 Å². The fourth-order valence-corrected chi connectivity index (χ4v) is 9.32. The minimum absolute atomic E-state index is 0. The van der Waals surface area contributed by atoms with Crippen LogP contribution in [0.5, 0.6) is 0 Å². The lowest BCUT2D eigenvalue weighted by Gasteiger charge is -2.27. The minimum Gasteiger partial charge on any atom is -1.00 e. The third-order valence-electron chi connectivity index (χ3n) is 5.63. The average Bonchev–Trinajstić information content (AvgIpc) is 3.33. The summed E-state index contributed by atoms with van der Waals surface area (Å²) in [5.74, 6) is 0. The van der Waals surface area contributed by atoms with Crippen LogP contribution >= 0.6 is 30.2 Å². The molecule has 1 nitrogen and oxygen atoms in total. The molecule has 0 unspecified atom stereocenters. The standard InChI is InChI=1S/C28H22ClNPS.HI/c29-23-18-16-22(17-19-23)28-30-24(21-32-28)20-31(25-10-4-1-5-11-25,26-12-6-2-7-13-26)27-14-8-3-9-15-27;/h1-19,21H,20H2;1H/q+1;/p-1. The molecule has 5 aromatic rings. The number of halogens is 2. The van der Waals surface area contributed by atoms with Crippen LogP contribution in [0.2, 0.25) is 5.02 Å². The highest BCUT2D eigenvalue weighted by molar-refractivity contribution is 7.95. The molecule has 0 saturated heterocycles. The lowest BCUT2D eigenvalue weighted by atomic mass is 10.2. The fourth-order valence-electron chi connectivity index (χ4n) is 4.12. The first kappa shape index (κ1) is 24.1. The third kappa shape index (κ3) is 5.07. The van der Waals surface area contributed by atoms with Crippen LogP contribution in [0.25, 0.3) is 10.6 Å². The Balaban J connectivity index is 0.00000259. The van der Waals surface area contributed by atoms with Crippen molar-refractivity contribution in [3.63, 3.8) is 0 Å². The molecule has 1 aromatic heterocycles. The van der Waals surface area contributed by atoms with Crippen LogP contribution in [0.4, 0.5) is 0 Å². The summed E-state index contributed by atoms with van der Waals surface area (Å²) >= 11 is 7.78. The first-order valence-corrected chi connectivity index (χ1v) is 13.7. The van der Waals surface area contributed by atoms with Crippen LogP contribution in [0.3, 0.4) is 0 Å². The van der Waals surface area contributed by atoms with Gasteiger partial charge < -0.3 is 24.0 Å². The van der Waals surface area contributed by atoms with Gasteiger partial charge in [0.15, 0.2) is 0 Å². The summed E-state index contributed by atoms with van der Waals surface area (Å²) in [7, 11) is -1.94. The molecule has 0 saturated carbocycles. The van der Waals surface area contributed by atoms with Gasteiger partial charge in [0.05, 0.1) is 5.69 Å². The molecule has 1 heterocycles. The molecule has 164 valence electrons. The van der Waals surface area contributed by atoms with Crippen molar-refractivity contribution in [2.24, 2.45) is 0 Å². The lowest BCUT2D eigenvalue weighted by Crippen LogP contribution is -3.00. The predicted octanol–water partition coefficient (Wildman–Crippen LogP) is 3.96. The Morgan fingerprint density at radius 3 is 1.55 bits per heavy atom. The van der Waals surface area contributed by atoms with E-state index in [-0.39, 0.29) is 24.0 Å². The summed E-state index contributed by atoms with van der Waals surface area (Å²) in [6, 6.07) is 40.8. The monoisotopic (exact) mass is 597 g/mol. The molecular weight excluding hydrogens is 576 g/mol. The highest BCUT2D eigenvalue weighted by atomic mass is 127. The summed E-state index contributed by atoms with van der Waals surface area (Å²) < 4.78 is 0. The molecule has 5 rings (SSSR count). The number of rotatable bonds is 6. The van der Waals surface area contributed by atoms with Crippen LogP contribution in [-0.4, -0.2) is 4.98 Å². The smallest absolute Gasteiger partial charge is 0.123 e. The molecule has 0 radical (unpaired) electrons. The molecule has 0 spiro atoms. The molecule has 33 heavy (non-hydrogen) atoms. The van der Waals surface area contributed by atoms with Crippen molar-refractivity contribution in [3.05, 3.63) is 131 Å². The Morgan fingerprint density at radius 1 is 0.636 bits per heavy atom. The summed E-state index contributed by atoms with van der Waals surface area (Å²) in [5.41, 5.74) is 2.23. The number of aromatic nitrogens is 1. The van der Waals surface area contributed by atoms with Crippen LogP contribution in [0, 0.1) is 0 Å². The second-order valence-corrected chi connectivity index (χ2v) is 12.4. The quantitative estimate of drug-likeness (QED) is 0.213. The molecule has 5 heteroatoms. The van der Waals surface area contributed by atoms with Gasteiger partial charge in [0, 0.05) is 16.0 Å². The van der Waals surface area contributed by atoms with Crippen LogP contribution in [0.15, 0.2) is 121 Å². The summed E-state index contributed by atoms with van der Waals surface area (Å²) in [6.07, 6.45) is 0.884. The van der Waals surface area contributed by atoms with E-state index in [1.165, 1.54) is 15.9 Å². The van der Waals surface area contributed by atoms with E-state index in [0.717, 1.165) is 27.4 Å². The maximum absolute atomic E-state index is 6.08. The summed E-state index contributed by atoms with van der Waals surface area (Å²) in [4.78, 5) is 5.07. The Hall–Kier alpha value is -2.04. The molecular formula is C28H22ClINPS. The largest absolute Gasteiger partial charge is 1.00 e. The highest BCUT2D eigenvalue weighted by Gasteiger charge is 2.46. The second-order valence-electron chi connectivity index (χ2n) is 7.63. The van der Waals surface area contributed by atoms with E-state index in [1.807, 2.05) is 24.3 Å². The third-order valence-corrected chi connectivity index (χ3v) is 11.2. The molecule has 0 aliphatic carbocycles. The van der Waals surface area contributed by atoms with Gasteiger partial charge in [0.1, 0.15) is 34.3 Å². The van der Waals surface area contributed by atoms with Gasteiger partial charge in [-0.1, -0.05) is 78.3 Å². The molecule has 0 N–H and O–H groups in total. The van der Waals surface area contributed by atoms with E-state index >= 15 is 0 Å². The molecule has 0 bridgehead atoms. The number of thiazole rings is 1. The Kier molecular flexibility index (Phi) is 7.98. The molecule has 0 amide bonds. The van der Waals surface area contributed by atoms with E-state index in [4.69, 9.17) is 16.6 Å². The Morgan fingerprint density at radius 2 is 1.09 bits per heavy atom. The number of nitrogens with zero attached hydrogens (tertiary/aromatic N) is 1. The van der Waals surface area contributed by atoms with Gasteiger partial charge in [-0.3, -0.25) is 0 Å². The van der Waals surface area contributed by atoms with Gasteiger partial charge in [-0.15, -0.1) is 11.3 Å². The fraction of sp³-hybridized carbons (Fsp3) is 0.0357. The predicted molar refractivity (Wildman–Crippen MR) is 141 cm³/mol. The van der Waals surface area contributed by atoms with E-state index in [2.05, 4.69) is 96.4 Å². The highest BCUT2D eigenvalue weighted by Crippen LogP contribution is 2.58. The van der Waals surface area contributed by atoms with Crippen molar-refractivity contribution in [1.82, 2.24) is 4.98 Å². The molecule has 0 atom stereocenters. The summed E-state index contributed by atoms with van der Waals surface area (Å²) in [6.45, 7) is 0. The van der Waals surface area contributed by atoms with Gasteiger partial charge in [-0.25, -0.2) is 4.98 Å². The molecule has 0 fully saturated rings. The van der Waals surface area contributed by atoms with Crippen molar-refractivity contribution in [1.29, 1.82) is 0 Å². The zero-order valence-corrected chi connectivity index (χ0v) is 22.4. The maximum atomic E-state index is 6.08. The van der Waals surface area contributed by atoms with Crippen molar-refractivity contribution in [2.75, 3.05) is 0 Å². The van der Waals surface area contributed by atoms with Gasteiger partial charge in [0.2, 0.25) is 0 Å². The average molecular weight is 598 g/mol. The Bertz CT molecular complexity index is 1200. The SMILES string of the molecule is Clc1ccc(-c2nc(C[P+](c3ccccc3)(c3ccccc3)c3ccccc3)cs2)cc1.[I-]. The van der Waals surface area contributed by atoms with Gasteiger partial charge in [0.25, 0.3) is 0 Å². The van der Waals surface area contributed by atoms with Crippen molar-refractivity contribution >= 4 is 46.1 Å². The van der Waals surface area contributed by atoms with Crippen molar-refractivity contribution < 1.29 is 24.0 Å². The summed E-state index contributed by atoms with van der Waals surface area (Å²) in [5, 5.41) is 8.11. The lowest BCUT2D eigenvalue weighted by molar-refractivity contribution is -0.00000609. The van der Waals surface area contributed by atoms with Crippen molar-refractivity contribution in [2.45, 2.75) is 6.16 Å². The van der Waals surface area contributed by atoms with Gasteiger partial charge in [-0.05, 0) is 48.5 Å². The second kappa shape index (κ2) is 10.9. The molecule has 0 aliphatic rings. The number of hydrogen-bond acceptors (Lipinski definition) is 2. The van der Waals surface area contributed by atoms with Crippen LogP contribution in [-0.2, 0) is 6.16 Å². The number of benzene rings is 4. The van der Waals surface area contributed by atoms with E-state index < -0.39 is 7.26 Å².